The number of ether oxygens (including phenoxy) is 1. The molecule has 0 spiro atoms. The second-order valence-corrected chi connectivity index (χ2v) is 6.02. The SMILES string of the molecule is CCOC(=O)N1CCN(c2ncc(-c3cccc(C(F)(F)F)c3)cn2)CC1. The van der Waals surface area contributed by atoms with Crippen molar-refractivity contribution in [2.24, 2.45) is 0 Å². The van der Waals surface area contributed by atoms with Crippen LogP contribution < -0.4 is 4.90 Å². The van der Waals surface area contributed by atoms with Crippen LogP contribution in [0.25, 0.3) is 11.1 Å². The van der Waals surface area contributed by atoms with Gasteiger partial charge >= 0.3 is 12.3 Å². The fourth-order valence-electron chi connectivity index (χ4n) is 2.81. The van der Waals surface area contributed by atoms with Crippen molar-refractivity contribution in [3.63, 3.8) is 0 Å². The number of piperazine rings is 1. The van der Waals surface area contributed by atoms with Crippen molar-refractivity contribution < 1.29 is 22.7 Å². The van der Waals surface area contributed by atoms with E-state index in [0.717, 1.165) is 12.1 Å². The normalized spacial score (nSPS) is 15.0. The van der Waals surface area contributed by atoms with Crippen LogP contribution in [0.2, 0.25) is 0 Å². The van der Waals surface area contributed by atoms with Gasteiger partial charge in [0.25, 0.3) is 0 Å². The predicted octanol–water partition coefficient (Wildman–Crippen LogP) is 3.44. The van der Waals surface area contributed by atoms with Crippen LogP contribution in [0.1, 0.15) is 12.5 Å². The number of hydrogen-bond donors (Lipinski definition) is 0. The minimum atomic E-state index is -4.39. The molecular weight excluding hydrogens is 361 g/mol. The van der Waals surface area contributed by atoms with Crippen LogP contribution in [-0.2, 0) is 10.9 Å². The van der Waals surface area contributed by atoms with E-state index in [4.69, 9.17) is 4.74 Å². The van der Waals surface area contributed by atoms with Crippen LogP contribution in [0.3, 0.4) is 0 Å². The standard InChI is InChI=1S/C18H19F3N4O2/c1-2-27-17(26)25-8-6-24(7-9-25)16-22-11-14(12-23-16)13-4-3-5-15(10-13)18(19,20)21/h3-5,10-12H,2,6-9H2,1H3. The van der Waals surface area contributed by atoms with Gasteiger partial charge in [0.1, 0.15) is 0 Å². The van der Waals surface area contributed by atoms with Crippen LogP contribution in [0.15, 0.2) is 36.7 Å². The number of carbonyl (C=O) groups is 1. The lowest BCUT2D eigenvalue weighted by atomic mass is 10.1. The summed E-state index contributed by atoms with van der Waals surface area (Å²) in [6, 6.07) is 5.06. The average Bonchev–Trinajstić information content (AvgIpc) is 2.68. The molecule has 0 radical (unpaired) electrons. The number of hydrogen-bond acceptors (Lipinski definition) is 5. The first-order chi connectivity index (χ1) is 12.9. The maximum atomic E-state index is 12.9. The highest BCUT2D eigenvalue weighted by Gasteiger charge is 2.30. The zero-order valence-electron chi connectivity index (χ0n) is 14.7. The lowest BCUT2D eigenvalue weighted by molar-refractivity contribution is -0.137. The van der Waals surface area contributed by atoms with Crippen LogP contribution in [-0.4, -0.2) is 53.7 Å². The third kappa shape index (κ3) is 4.47. The molecule has 0 atom stereocenters. The fraction of sp³-hybridized carbons (Fsp3) is 0.389. The fourth-order valence-corrected chi connectivity index (χ4v) is 2.81. The molecule has 1 aromatic heterocycles. The Morgan fingerprint density at radius 1 is 1.11 bits per heavy atom. The van der Waals surface area contributed by atoms with Gasteiger partial charge in [-0.3, -0.25) is 0 Å². The summed E-state index contributed by atoms with van der Waals surface area (Å²) in [7, 11) is 0. The molecule has 2 aromatic rings. The number of rotatable bonds is 3. The third-order valence-electron chi connectivity index (χ3n) is 4.25. The second-order valence-electron chi connectivity index (χ2n) is 6.02. The molecule has 0 N–H and O–H groups in total. The number of benzene rings is 1. The van der Waals surface area contributed by atoms with Crippen LogP contribution in [0.5, 0.6) is 0 Å². The Bertz CT molecular complexity index is 788. The molecule has 3 rings (SSSR count). The zero-order chi connectivity index (χ0) is 19.4. The first-order valence-corrected chi connectivity index (χ1v) is 8.55. The quantitative estimate of drug-likeness (QED) is 0.817. The summed E-state index contributed by atoms with van der Waals surface area (Å²) in [5.41, 5.74) is 0.206. The molecular formula is C18H19F3N4O2. The van der Waals surface area contributed by atoms with E-state index in [9.17, 15) is 18.0 Å². The van der Waals surface area contributed by atoms with Crippen LogP contribution in [0.4, 0.5) is 23.9 Å². The molecule has 1 aromatic carbocycles. The Hall–Kier alpha value is -2.84. The van der Waals surface area contributed by atoms with Crippen molar-refractivity contribution in [1.29, 1.82) is 0 Å². The van der Waals surface area contributed by atoms with Gasteiger partial charge in [-0.05, 0) is 24.6 Å². The van der Waals surface area contributed by atoms with Crippen molar-refractivity contribution in [2.45, 2.75) is 13.1 Å². The lowest BCUT2D eigenvalue weighted by Gasteiger charge is -2.33. The smallest absolute Gasteiger partial charge is 0.416 e. The van der Waals surface area contributed by atoms with Gasteiger partial charge in [0.15, 0.2) is 0 Å². The molecule has 144 valence electrons. The topological polar surface area (TPSA) is 58.6 Å². The van der Waals surface area contributed by atoms with Crippen molar-refractivity contribution in [3.05, 3.63) is 42.2 Å². The van der Waals surface area contributed by atoms with E-state index < -0.39 is 11.7 Å². The maximum absolute atomic E-state index is 12.9. The van der Waals surface area contributed by atoms with Crippen molar-refractivity contribution in [2.75, 3.05) is 37.7 Å². The lowest BCUT2D eigenvalue weighted by Crippen LogP contribution is -2.49. The molecule has 0 saturated carbocycles. The van der Waals surface area contributed by atoms with E-state index >= 15 is 0 Å². The predicted molar refractivity (Wildman–Crippen MR) is 93.3 cm³/mol. The monoisotopic (exact) mass is 380 g/mol. The highest BCUT2D eigenvalue weighted by Crippen LogP contribution is 2.32. The van der Waals surface area contributed by atoms with E-state index in [1.807, 2.05) is 4.90 Å². The highest BCUT2D eigenvalue weighted by molar-refractivity contribution is 5.68. The van der Waals surface area contributed by atoms with Gasteiger partial charge in [-0.15, -0.1) is 0 Å². The summed E-state index contributed by atoms with van der Waals surface area (Å²) in [5.74, 6) is 0.481. The van der Waals surface area contributed by atoms with Crippen LogP contribution >= 0.6 is 0 Å². The van der Waals surface area contributed by atoms with Gasteiger partial charge < -0.3 is 14.5 Å². The molecule has 0 aliphatic carbocycles. The summed E-state index contributed by atoms with van der Waals surface area (Å²) >= 11 is 0. The minimum absolute atomic E-state index is 0.332. The molecule has 6 nitrogen and oxygen atoms in total. The highest BCUT2D eigenvalue weighted by atomic mass is 19.4. The molecule has 0 bridgehead atoms. The Balaban J connectivity index is 1.67. The molecule has 9 heteroatoms. The first kappa shape index (κ1) is 18.9. The average molecular weight is 380 g/mol. The van der Waals surface area contributed by atoms with Gasteiger partial charge in [0.2, 0.25) is 5.95 Å². The van der Waals surface area contributed by atoms with Gasteiger partial charge in [-0.25, -0.2) is 14.8 Å². The molecule has 27 heavy (non-hydrogen) atoms. The minimum Gasteiger partial charge on any atom is -0.450 e. The first-order valence-electron chi connectivity index (χ1n) is 8.55. The molecule has 2 heterocycles. The largest absolute Gasteiger partial charge is 0.450 e. The van der Waals surface area contributed by atoms with Gasteiger partial charge in [-0.2, -0.15) is 13.2 Å². The van der Waals surface area contributed by atoms with E-state index in [1.54, 1.807) is 17.9 Å². The van der Waals surface area contributed by atoms with Gasteiger partial charge in [0, 0.05) is 44.1 Å². The van der Waals surface area contributed by atoms with Crippen molar-refractivity contribution in [3.8, 4) is 11.1 Å². The third-order valence-corrected chi connectivity index (χ3v) is 4.25. The van der Waals surface area contributed by atoms with E-state index in [0.29, 0.717) is 49.9 Å². The molecule has 0 unspecified atom stereocenters. The number of alkyl halides is 3. The number of amides is 1. The number of aromatic nitrogens is 2. The Morgan fingerprint density at radius 3 is 2.37 bits per heavy atom. The summed E-state index contributed by atoms with van der Waals surface area (Å²) in [6.45, 7) is 4.20. The summed E-state index contributed by atoms with van der Waals surface area (Å²) in [6.07, 6.45) is -1.71. The summed E-state index contributed by atoms with van der Waals surface area (Å²) in [4.78, 5) is 23.8. The molecule has 1 fully saturated rings. The Labute approximate surface area is 154 Å². The molecule has 1 amide bonds. The molecule has 1 aliphatic heterocycles. The van der Waals surface area contributed by atoms with Crippen molar-refractivity contribution >= 4 is 12.0 Å². The molecule has 1 saturated heterocycles. The van der Waals surface area contributed by atoms with E-state index in [-0.39, 0.29) is 6.09 Å². The summed E-state index contributed by atoms with van der Waals surface area (Å²) in [5, 5.41) is 0. The Kier molecular flexibility index (Phi) is 5.48. The van der Waals surface area contributed by atoms with E-state index in [1.165, 1.54) is 18.5 Å². The summed E-state index contributed by atoms with van der Waals surface area (Å²) < 4.78 is 43.5. The van der Waals surface area contributed by atoms with Crippen LogP contribution in [0, 0.1) is 0 Å². The van der Waals surface area contributed by atoms with E-state index in [2.05, 4.69) is 9.97 Å². The molecule has 1 aliphatic rings. The Morgan fingerprint density at radius 2 is 1.78 bits per heavy atom. The van der Waals surface area contributed by atoms with Crippen molar-refractivity contribution in [1.82, 2.24) is 14.9 Å². The maximum Gasteiger partial charge on any atom is 0.416 e. The number of anilines is 1. The second kappa shape index (κ2) is 7.81. The van der Waals surface area contributed by atoms with Gasteiger partial charge in [0.05, 0.1) is 12.2 Å². The van der Waals surface area contributed by atoms with Gasteiger partial charge in [-0.1, -0.05) is 12.1 Å². The number of carbonyl (C=O) groups excluding carboxylic acids is 1. The zero-order valence-corrected chi connectivity index (χ0v) is 14.7. The number of nitrogens with zero attached hydrogens (tertiary/aromatic N) is 4. The number of halogens is 3.